The zero-order valence-electron chi connectivity index (χ0n) is 11.8. The second kappa shape index (κ2) is 7.09. The van der Waals surface area contributed by atoms with Crippen LogP contribution in [-0.4, -0.2) is 41.5 Å². The molecule has 0 fully saturated rings. The Labute approximate surface area is 122 Å². The van der Waals surface area contributed by atoms with E-state index < -0.39 is 12.0 Å². The average molecular weight is 291 g/mol. The molecule has 0 unspecified atom stereocenters. The van der Waals surface area contributed by atoms with E-state index in [1.807, 2.05) is 0 Å². The highest BCUT2D eigenvalue weighted by Gasteiger charge is 2.15. The van der Waals surface area contributed by atoms with Crippen molar-refractivity contribution in [1.29, 1.82) is 0 Å². The molecule has 0 aromatic heterocycles. The summed E-state index contributed by atoms with van der Waals surface area (Å²) in [7, 11) is 1.56. The summed E-state index contributed by atoms with van der Waals surface area (Å²) in [6.07, 6.45) is 1.55. The van der Waals surface area contributed by atoms with Crippen LogP contribution < -0.4 is 10.6 Å². The van der Waals surface area contributed by atoms with Crippen molar-refractivity contribution in [2.24, 2.45) is 0 Å². The van der Waals surface area contributed by atoms with E-state index in [-0.39, 0.29) is 17.2 Å². The summed E-state index contributed by atoms with van der Waals surface area (Å²) in [6.45, 7) is 5.17. The molecule has 1 aromatic rings. The molecular weight excluding hydrogens is 274 g/mol. The first kappa shape index (κ1) is 16.2. The summed E-state index contributed by atoms with van der Waals surface area (Å²) in [6, 6.07) is 3.77. The van der Waals surface area contributed by atoms with E-state index in [0.29, 0.717) is 12.2 Å². The molecule has 3 N–H and O–H groups in total. The van der Waals surface area contributed by atoms with Crippen LogP contribution in [0.4, 0.5) is 16.2 Å². The molecule has 0 saturated heterocycles. The van der Waals surface area contributed by atoms with Gasteiger partial charge in [0.2, 0.25) is 5.91 Å². The van der Waals surface area contributed by atoms with Gasteiger partial charge in [0, 0.05) is 26.2 Å². The number of hydrogen-bond acceptors (Lipinski definition) is 3. The Bertz CT molecular complexity index is 584. The Kier molecular flexibility index (Phi) is 5.48. The zero-order valence-corrected chi connectivity index (χ0v) is 11.8. The largest absolute Gasteiger partial charge is 0.478 e. The van der Waals surface area contributed by atoms with E-state index in [1.165, 1.54) is 30.0 Å². The molecule has 112 valence electrons. The van der Waals surface area contributed by atoms with Crippen LogP contribution in [0.5, 0.6) is 0 Å². The molecule has 0 atom stereocenters. The van der Waals surface area contributed by atoms with Gasteiger partial charge in [0.05, 0.1) is 11.3 Å². The zero-order chi connectivity index (χ0) is 16.0. The molecule has 0 bridgehead atoms. The van der Waals surface area contributed by atoms with Crippen molar-refractivity contribution < 1.29 is 19.5 Å². The number of aromatic carboxylic acids is 1. The normalized spacial score (nSPS) is 9.62. The van der Waals surface area contributed by atoms with E-state index in [9.17, 15) is 19.5 Å². The van der Waals surface area contributed by atoms with Gasteiger partial charge in [-0.1, -0.05) is 6.08 Å². The lowest BCUT2D eigenvalue weighted by atomic mass is 10.1. The van der Waals surface area contributed by atoms with Crippen molar-refractivity contribution in [2.75, 3.05) is 24.2 Å². The minimum absolute atomic E-state index is 0.110. The number of carbonyl (C=O) groups is 3. The van der Waals surface area contributed by atoms with E-state index in [4.69, 9.17) is 0 Å². The maximum absolute atomic E-state index is 11.8. The van der Waals surface area contributed by atoms with Gasteiger partial charge >= 0.3 is 12.0 Å². The summed E-state index contributed by atoms with van der Waals surface area (Å²) in [5, 5.41) is 14.2. The quantitative estimate of drug-likeness (QED) is 0.722. The number of amides is 3. The van der Waals surface area contributed by atoms with Crippen LogP contribution in [0.3, 0.4) is 0 Å². The first-order valence-electron chi connectivity index (χ1n) is 6.13. The van der Waals surface area contributed by atoms with Gasteiger partial charge in [-0.05, 0) is 18.2 Å². The van der Waals surface area contributed by atoms with Crippen molar-refractivity contribution >= 4 is 29.3 Å². The molecule has 0 aliphatic heterocycles. The number of nitrogens with zero attached hydrogens (tertiary/aromatic N) is 1. The van der Waals surface area contributed by atoms with Gasteiger partial charge in [0.15, 0.2) is 0 Å². The minimum Gasteiger partial charge on any atom is -0.478 e. The van der Waals surface area contributed by atoms with Crippen molar-refractivity contribution in [3.63, 3.8) is 0 Å². The van der Waals surface area contributed by atoms with Gasteiger partial charge in [0.25, 0.3) is 0 Å². The number of likely N-dealkylation sites (N-methyl/N-ethyl adjacent to an activating group) is 1. The van der Waals surface area contributed by atoms with Crippen LogP contribution in [0.2, 0.25) is 0 Å². The molecule has 0 heterocycles. The highest BCUT2D eigenvalue weighted by molar-refractivity contribution is 6.01. The first-order valence-corrected chi connectivity index (χ1v) is 6.13. The molecule has 1 rings (SSSR count). The Morgan fingerprint density at radius 2 is 2.00 bits per heavy atom. The van der Waals surface area contributed by atoms with Crippen molar-refractivity contribution in [2.45, 2.75) is 6.92 Å². The van der Waals surface area contributed by atoms with Crippen LogP contribution in [0, 0.1) is 0 Å². The third-order valence-corrected chi connectivity index (χ3v) is 2.56. The predicted octanol–water partition coefficient (Wildman–Crippen LogP) is 1.99. The highest BCUT2D eigenvalue weighted by Crippen LogP contribution is 2.21. The van der Waals surface area contributed by atoms with Crippen LogP contribution in [-0.2, 0) is 4.79 Å². The van der Waals surface area contributed by atoms with Crippen molar-refractivity contribution in [1.82, 2.24) is 4.90 Å². The molecule has 0 aliphatic rings. The summed E-state index contributed by atoms with van der Waals surface area (Å²) >= 11 is 0. The van der Waals surface area contributed by atoms with Gasteiger partial charge in [-0.3, -0.25) is 4.79 Å². The number of benzene rings is 1. The number of anilines is 2. The Morgan fingerprint density at radius 3 is 2.52 bits per heavy atom. The summed E-state index contributed by atoms with van der Waals surface area (Å²) < 4.78 is 0. The van der Waals surface area contributed by atoms with Crippen molar-refractivity contribution in [3.05, 3.63) is 36.4 Å². The van der Waals surface area contributed by atoms with Gasteiger partial charge in [-0.25, -0.2) is 9.59 Å². The summed E-state index contributed by atoms with van der Waals surface area (Å²) in [4.78, 5) is 35.4. The SMILES string of the molecule is C=CCN(C)C(=O)Nc1ccc(NC(C)=O)cc1C(=O)O. The second-order valence-electron chi connectivity index (χ2n) is 4.35. The van der Waals surface area contributed by atoms with Gasteiger partial charge in [0.1, 0.15) is 0 Å². The lowest BCUT2D eigenvalue weighted by Crippen LogP contribution is -2.31. The van der Waals surface area contributed by atoms with E-state index in [1.54, 1.807) is 13.1 Å². The Hall–Kier alpha value is -2.83. The fourth-order valence-corrected chi connectivity index (χ4v) is 1.60. The summed E-state index contributed by atoms with van der Waals surface area (Å²) in [5.41, 5.74) is 0.386. The lowest BCUT2D eigenvalue weighted by molar-refractivity contribution is -0.114. The van der Waals surface area contributed by atoms with E-state index in [2.05, 4.69) is 17.2 Å². The molecule has 21 heavy (non-hydrogen) atoms. The number of carboxylic acid groups (broad SMARTS) is 1. The van der Waals surface area contributed by atoms with Crippen LogP contribution in [0.15, 0.2) is 30.9 Å². The third kappa shape index (κ3) is 4.64. The summed E-state index contributed by atoms with van der Waals surface area (Å²) in [5.74, 6) is -1.52. The minimum atomic E-state index is -1.20. The van der Waals surface area contributed by atoms with Gasteiger partial charge in [-0.2, -0.15) is 0 Å². The molecule has 1 aromatic carbocycles. The van der Waals surface area contributed by atoms with Gasteiger partial charge < -0.3 is 20.6 Å². The molecular formula is C14H17N3O4. The molecule has 7 nitrogen and oxygen atoms in total. The maximum atomic E-state index is 11.8. The lowest BCUT2D eigenvalue weighted by Gasteiger charge is -2.17. The monoisotopic (exact) mass is 291 g/mol. The topological polar surface area (TPSA) is 98.7 Å². The number of rotatable bonds is 5. The molecule has 0 saturated carbocycles. The predicted molar refractivity (Wildman–Crippen MR) is 79.6 cm³/mol. The Morgan fingerprint density at radius 1 is 1.33 bits per heavy atom. The number of hydrogen-bond donors (Lipinski definition) is 3. The fourth-order valence-electron chi connectivity index (χ4n) is 1.60. The maximum Gasteiger partial charge on any atom is 0.337 e. The molecule has 0 radical (unpaired) electrons. The number of urea groups is 1. The molecule has 7 heteroatoms. The smallest absolute Gasteiger partial charge is 0.337 e. The molecule has 0 spiro atoms. The van der Waals surface area contributed by atoms with Crippen molar-refractivity contribution in [3.8, 4) is 0 Å². The third-order valence-electron chi connectivity index (χ3n) is 2.56. The van der Waals surface area contributed by atoms with E-state index >= 15 is 0 Å². The Balaban J connectivity index is 3.01. The molecule has 0 aliphatic carbocycles. The second-order valence-corrected chi connectivity index (χ2v) is 4.35. The standard InChI is InChI=1S/C14H17N3O4/c1-4-7-17(3)14(21)16-12-6-5-10(15-9(2)18)8-11(12)13(19)20/h4-6,8H,1,7H2,2-3H3,(H,15,18)(H,16,21)(H,19,20). The number of carboxylic acids is 1. The van der Waals surface area contributed by atoms with Crippen LogP contribution in [0.1, 0.15) is 17.3 Å². The average Bonchev–Trinajstić information content (AvgIpc) is 2.39. The number of nitrogens with one attached hydrogen (secondary N) is 2. The molecule has 3 amide bonds. The first-order chi connectivity index (χ1) is 9.85. The fraction of sp³-hybridized carbons (Fsp3) is 0.214. The van der Waals surface area contributed by atoms with Crippen LogP contribution >= 0.6 is 0 Å². The van der Waals surface area contributed by atoms with Gasteiger partial charge in [-0.15, -0.1) is 6.58 Å². The number of carbonyl (C=O) groups excluding carboxylic acids is 2. The highest BCUT2D eigenvalue weighted by atomic mass is 16.4. The van der Waals surface area contributed by atoms with Crippen LogP contribution in [0.25, 0.3) is 0 Å². The van der Waals surface area contributed by atoms with E-state index in [0.717, 1.165) is 0 Å².